The van der Waals surface area contributed by atoms with E-state index in [2.05, 4.69) is 15.6 Å². The average Bonchev–Trinajstić information content (AvgIpc) is 3.31. The van der Waals surface area contributed by atoms with E-state index in [0.717, 1.165) is 22.0 Å². The number of esters is 1. The minimum atomic E-state index is -0.942. The molecule has 0 bridgehead atoms. The van der Waals surface area contributed by atoms with Crippen LogP contribution in [0, 0.1) is 0 Å². The van der Waals surface area contributed by atoms with Crippen molar-refractivity contribution in [2.24, 2.45) is 0 Å². The van der Waals surface area contributed by atoms with E-state index in [-0.39, 0.29) is 18.7 Å². The topological polar surface area (TPSA) is 100 Å². The Kier molecular flexibility index (Phi) is 8.02. The van der Waals surface area contributed by atoms with Crippen LogP contribution in [0.2, 0.25) is 5.02 Å². The lowest BCUT2D eigenvalue weighted by Crippen LogP contribution is -2.53. The largest absolute Gasteiger partial charge is 0.467 e. The molecule has 3 aromatic carbocycles. The number of carbonyl (C=O) groups is 3. The summed E-state index contributed by atoms with van der Waals surface area (Å²) in [5.74, 6) is -1.46. The summed E-state index contributed by atoms with van der Waals surface area (Å²) in [6.45, 7) is 0. The Labute approximate surface area is 213 Å². The van der Waals surface area contributed by atoms with Crippen molar-refractivity contribution in [2.45, 2.75) is 24.9 Å². The molecular weight excluding hydrogens is 478 g/mol. The average molecular weight is 504 g/mol. The van der Waals surface area contributed by atoms with E-state index in [1.54, 1.807) is 48.5 Å². The summed E-state index contributed by atoms with van der Waals surface area (Å²) in [6.07, 6.45) is 2.26. The van der Waals surface area contributed by atoms with Gasteiger partial charge in [-0.15, -0.1) is 0 Å². The lowest BCUT2D eigenvalue weighted by Gasteiger charge is -2.22. The maximum atomic E-state index is 13.5. The smallest absolute Gasteiger partial charge is 0.328 e. The van der Waals surface area contributed by atoms with Crippen LogP contribution in [0.25, 0.3) is 10.9 Å². The first-order valence-electron chi connectivity index (χ1n) is 11.5. The predicted molar refractivity (Wildman–Crippen MR) is 139 cm³/mol. The molecule has 7 nitrogen and oxygen atoms in total. The predicted octanol–water partition coefficient (Wildman–Crippen LogP) is 4.06. The molecule has 1 heterocycles. The molecule has 4 aromatic rings. The first kappa shape index (κ1) is 25.0. The molecule has 8 heteroatoms. The van der Waals surface area contributed by atoms with Gasteiger partial charge in [-0.2, -0.15) is 0 Å². The number of nitrogens with one attached hydrogen (secondary N) is 3. The van der Waals surface area contributed by atoms with Crippen molar-refractivity contribution < 1.29 is 19.1 Å². The van der Waals surface area contributed by atoms with Crippen LogP contribution in [0.5, 0.6) is 0 Å². The number of rotatable bonds is 9. The molecule has 0 unspecified atom stereocenters. The number of amides is 2. The molecule has 0 radical (unpaired) electrons. The summed E-state index contributed by atoms with van der Waals surface area (Å²) in [4.78, 5) is 42.1. The van der Waals surface area contributed by atoms with Crippen molar-refractivity contribution in [1.29, 1.82) is 0 Å². The zero-order valence-electron chi connectivity index (χ0n) is 19.7. The van der Waals surface area contributed by atoms with E-state index >= 15 is 0 Å². The Hall–Kier alpha value is -4.10. The lowest BCUT2D eigenvalue weighted by molar-refractivity contribution is -0.145. The van der Waals surface area contributed by atoms with Crippen molar-refractivity contribution in [2.75, 3.05) is 7.11 Å². The molecule has 0 spiro atoms. The van der Waals surface area contributed by atoms with Crippen LogP contribution in [0.3, 0.4) is 0 Å². The molecule has 2 amide bonds. The molecule has 36 heavy (non-hydrogen) atoms. The highest BCUT2D eigenvalue weighted by Crippen LogP contribution is 2.20. The Bertz CT molecular complexity index is 1350. The zero-order chi connectivity index (χ0) is 25.5. The molecule has 0 aliphatic heterocycles. The van der Waals surface area contributed by atoms with Gasteiger partial charge in [0.05, 0.1) is 7.11 Å². The van der Waals surface area contributed by atoms with Gasteiger partial charge in [-0.3, -0.25) is 9.59 Å². The van der Waals surface area contributed by atoms with Crippen LogP contribution in [0.1, 0.15) is 21.5 Å². The molecule has 3 N–H and O–H groups in total. The molecule has 0 saturated carbocycles. The fraction of sp³-hybridized carbons (Fsp3) is 0.179. The van der Waals surface area contributed by atoms with Crippen LogP contribution >= 0.6 is 11.6 Å². The Morgan fingerprint density at radius 2 is 1.56 bits per heavy atom. The van der Waals surface area contributed by atoms with Crippen molar-refractivity contribution in [3.8, 4) is 0 Å². The van der Waals surface area contributed by atoms with E-state index < -0.39 is 24.0 Å². The van der Waals surface area contributed by atoms with Crippen LogP contribution in [-0.2, 0) is 27.2 Å². The molecule has 184 valence electrons. The molecule has 0 saturated heterocycles. The zero-order valence-corrected chi connectivity index (χ0v) is 20.4. The van der Waals surface area contributed by atoms with Gasteiger partial charge in [-0.05, 0) is 41.5 Å². The second-order valence-electron chi connectivity index (χ2n) is 8.37. The van der Waals surface area contributed by atoms with Crippen LogP contribution in [0.4, 0.5) is 0 Å². The van der Waals surface area contributed by atoms with Gasteiger partial charge in [-0.1, -0.05) is 60.1 Å². The minimum absolute atomic E-state index is 0.210. The number of methoxy groups -OCH3 is 1. The number of aromatic amines is 1. The highest BCUT2D eigenvalue weighted by Gasteiger charge is 2.28. The highest BCUT2D eigenvalue weighted by molar-refractivity contribution is 6.30. The number of carbonyl (C=O) groups excluding carboxylic acids is 3. The Balaban J connectivity index is 1.58. The third-order valence-corrected chi connectivity index (χ3v) is 6.16. The third-order valence-electron chi connectivity index (χ3n) is 5.91. The SMILES string of the molecule is COC(=O)[C@@H](Cc1ccc(Cl)cc1)NC(=O)[C@H](Cc1c[nH]c2ccccc12)NC(=O)c1ccccc1. The van der Waals surface area contributed by atoms with Gasteiger partial charge in [0.15, 0.2) is 0 Å². The lowest BCUT2D eigenvalue weighted by atomic mass is 10.0. The number of ether oxygens (including phenoxy) is 1. The second kappa shape index (κ2) is 11.6. The highest BCUT2D eigenvalue weighted by atomic mass is 35.5. The van der Waals surface area contributed by atoms with Gasteiger partial charge in [0.25, 0.3) is 5.91 Å². The molecule has 0 aliphatic rings. The normalized spacial score (nSPS) is 12.5. The van der Waals surface area contributed by atoms with Gasteiger partial charge in [-0.25, -0.2) is 4.79 Å². The van der Waals surface area contributed by atoms with E-state index in [1.165, 1.54) is 7.11 Å². The summed E-state index contributed by atoms with van der Waals surface area (Å²) >= 11 is 5.97. The quantitative estimate of drug-likeness (QED) is 0.300. The molecular formula is C28H26ClN3O4. The number of benzene rings is 3. The molecule has 0 aliphatic carbocycles. The first-order chi connectivity index (χ1) is 17.4. The minimum Gasteiger partial charge on any atom is -0.467 e. The van der Waals surface area contributed by atoms with Gasteiger partial charge in [0, 0.05) is 40.5 Å². The van der Waals surface area contributed by atoms with E-state index in [0.29, 0.717) is 10.6 Å². The summed E-state index contributed by atoms with van der Waals surface area (Å²) in [5, 5.41) is 7.14. The molecule has 4 rings (SSSR count). The number of H-pyrrole nitrogens is 1. The molecule has 2 atom stereocenters. The molecule has 0 fully saturated rings. The molecule has 1 aromatic heterocycles. The van der Waals surface area contributed by atoms with Crippen molar-refractivity contribution in [3.05, 3.63) is 107 Å². The summed E-state index contributed by atoms with van der Waals surface area (Å²) in [5.41, 5.74) is 3.03. The van der Waals surface area contributed by atoms with Crippen molar-refractivity contribution in [3.63, 3.8) is 0 Å². The number of para-hydroxylation sites is 1. The Morgan fingerprint density at radius 1 is 0.861 bits per heavy atom. The maximum Gasteiger partial charge on any atom is 0.328 e. The number of fused-ring (bicyclic) bond motifs is 1. The van der Waals surface area contributed by atoms with Crippen LogP contribution in [0.15, 0.2) is 85.1 Å². The number of hydrogen-bond donors (Lipinski definition) is 3. The van der Waals surface area contributed by atoms with E-state index in [4.69, 9.17) is 16.3 Å². The van der Waals surface area contributed by atoms with Gasteiger partial charge >= 0.3 is 5.97 Å². The number of hydrogen-bond acceptors (Lipinski definition) is 4. The van der Waals surface area contributed by atoms with Gasteiger partial charge in [0.2, 0.25) is 5.91 Å². The number of aromatic nitrogens is 1. The third kappa shape index (κ3) is 6.12. The van der Waals surface area contributed by atoms with Gasteiger partial charge < -0.3 is 20.4 Å². The standard InChI is InChI=1S/C28H26ClN3O4/c1-36-28(35)25(15-18-11-13-21(29)14-12-18)32-27(34)24(31-26(33)19-7-3-2-4-8-19)16-20-17-30-23-10-6-5-9-22(20)23/h2-14,17,24-25,30H,15-16H2,1H3,(H,31,33)(H,32,34)/t24-,25+/m0/s1. The maximum absolute atomic E-state index is 13.5. The first-order valence-corrected chi connectivity index (χ1v) is 11.9. The van der Waals surface area contributed by atoms with Crippen LogP contribution < -0.4 is 10.6 Å². The van der Waals surface area contributed by atoms with E-state index in [9.17, 15) is 14.4 Å². The summed E-state index contributed by atoms with van der Waals surface area (Å²) in [7, 11) is 1.27. The van der Waals surface area contributed by atoms with Gasteiger partial charge in [0.1, 0.15) is 12.1 Å². The fourth-order valence-electron chi connectivity index (χ4n) is 4.02. The second-order valence-corrected chi connectivity index (χ2v) is 8.81. The van der Waals surface area contributed by atoms with Crippen molar-refractivity contribution in [1.82, 2.24) is 15.6 Å². The van der Waals surface area contributed by atoms with Crippen LogP contribution in [-0.4, -0.2) is 42.0 Å². The summed E-state index contributed by atoms with van der Waals surface area (Å²) < 4.78 is 4.93. The summed E-state index contributed by atoms with van der Waals surface area (Å²) in [6, 6.07) is 21.5. The van der Waals surface area contributed by atoms with E-state index in [1.807, 2.05) is 36.5 Å². The fourth-order valence-corrected chi connectivity index (χ4v) is 4.15. The number of halogens is 1. The van der Waals surface area contributed by atoms with Crippen molar-refractivity contribution >= 4 is 40.3 Å². The Morgan fingerprint density at radius 3 is 2.28 bits per heavy atom. The monoisotopic (exact) mass is 503 g/mol.